The Balaban J connectivity index is 1.97. The van der Waals surface area contributed by atoms with E-state index < -0.39 is 37.3 Å². The van der Waals surface area contributed by atoms with Crippen LogP contribution in [0.25, 0.3) is 0 Å². The van der Waals surface area contributed by atoms with Crippen LogP contribution < -0.4 is 4.74 Å². The number of rotatable bonds is 8. The van der Waals surface area contributed by atoms with Gasteiger partial charge in [0.25, 0.3) is 15.8 Å². The Hall–Kier alpha value is -4.76. The summed E-state index contributed by atoms with van der Waals surface area (Å²) < 4.78 is 38.0. The number of carboxylic acids is 1. The van der Waals surface area contributed by atoms with Gasteiger partial charge in [-0.15, -0.1) is 10.2 Å². The number of benzene rings is 3. The molecule has 3 N–H and O–H groups in total. The number of nitro groups is 1. The molecular formula is C21H17N5O9S. The molecule has 0 bridgehead atoms. The second kappa shape index (κ2) is 10.2. The molecule has 0 radical (unpaired) electrons. The summed E-state index contributed by atoms with van der Waals surface area (Å²) in [4.78, 5) is 20.5. The van der Waals surface area contributed by atoms with Gasteiger partial charge in [-0.1, -0.05) is 0 Å². The zero-order valence-corrected chi connectivity index (χ0v) is 19.4. The van der Waals surface area contributed by atoms with Crippen LogP contribution >= 0.6 is 0 Å². The minimum absolute atomic E-state index is 0.157. The van der Waals surface area contributed by atoms with Gasteiger partial charge in [0.15, 0.2) is 0 Å². The highest BCUT2D eigenvalue weighted by atomic mass is 32.2. The Morgan fingerprint density at radius 3 is 2.25 bits per heavy atom. The number of ether oxygens (including phenoxy) is 1. The average molecular weight is 515 g/mol. The molecule has 186 valence electrons. The van der Waals surface area contributed by atoms with E-state index >= 15 is 0 Å². The highest BCUT2D eigenvalue weighted by Crippen LogP contribution is 2.37. The monoisotopic (exact) mass is 515 g/mol. The molecule has 3 aromatic carbocycles. The summed E-state index contributed by atoms with van der Waals surface area (Å²) in [5, 5.41) is 45.4. The minimum atomic E-state index is -4.83. The molecule has 0 aliphatic rings. The van der Waals surface area contributed by atoms with Crippen molar-refractivity contribution < 1.29 is 37.6 Å². The van der Waals surface area contributed by atoms with E-state index in [1.807, 2.05) is 0 Å². The average Bonchev–Trinajstić information content (AvgIpc) is 2.81. The lowest BCUT2D eigenvalue weighted by molar-refractivity contribution is -0.385. The van der Waals surface area contributed by atoms with Crippen LogP contribution in [-0.4, -0.2) is 41.2 Å². The maximum atomic E-state index is 11.7. The van der Waals surface area contributed by atoms with Crippen LogP contribution in [0, 0.1) is 17.0 Å². The van der Waals surface area contributed by atoms with Crippen LogP contribution in [-0.2, 0) is 10.1 Å². The summed E-state index contributed by atoms with van der Waals surface area (Å²) >= 11 is 0. The van der Waals surface area contributed by atoms with E-state index in [-0.39, 0.29) is 34.1 Å². The predicted molar refractivity (Wildman–Crippen MR) is 124 cm³/mol. The number of aromatic hydroxyl groups is 1. The Kier molecular flexibility index (Phi) is 7.36. The first kappa shape index (κ1) is 25.9. The van der Waals surface area contributed by atoms with Crippen molar-refractivity contribution in [1.82, 2.24) is 0 Å². The number of phenols is 1. The van der Waals surface area contributed by atoms with Gasteiger partial charge in [0, 0.05) is 18.2 Å². The molecule has 0 aliphatic carbocycles. The van der Waals surface area contributed by atoms with Crippen molar-refractivity contribution in [2.24, 2.45) is 20.5 Å². The summed E-state index contributed by atoms with van der Waals surface area (Å²) in [7, 11) is -3.48. The molecule has 14 nitrogen and oxygen atoms in total. The second-order valence-electron chi connectivity index (χ2n) is 7.10. The summed E-state index contributed by atoms with van der Waals surface area (Å²) in [6.07, 6.45) is 0. The van der Waals surface area contributed by atoms with E-state index in [9.17, 15) is 33.0 Å². The SMILES string of the molecule is COc1cc(N=Nc2ccc([N+](=O)[O-])cc2S(=O)(=O)O)c(C)cc1N=Nc1ccc(O)c(C(=O)O)c1. The van der Waals surface area contributed by atoms with E-state index in [4.69, 9.17) is 9.84 Å². The summed E-state index contributed by atoms with van der Waals surface area (Å²) in [6.45, 7) is 1.63. The first-order valence-corrected chi connectivity index (χ1v) is 11.2. The second-order valence-corrected chi connectivity index (χ2v) is 8.49. The van der Waals surface area contributed by atoms with Crippen LogP contribution in [0.5, 0.6) is 11.5 Å². The number of carboxylic acid groups (broad SMARTS) is 1. The fraction of sp³-hybridized carbons (Fsp3) is 0.0952. The number of aromatic carboxylic acids is 1. The van der Waals surface area contributed by atoms with E-state index in [0.717, 1.165) is 18.2 Å². The maximum Gasteiger partial charge on any atom is 0.339 e. The van der Waals surface area contributed by atoms with Crippen molar-refractivity contribution in [3.8, 4) is 11.5 Å². The van der Waals surface area contributed by atoms with Gasteiger partial charge < -0.3 is 14.9 Å². The van der Waals surface area contributed by atoms with Gasteiger partial charge in [-0.2, -0.15) is 18.6 Å². The Morgan fingerprint density at radius 2 is 1.64 bits per heavy atom. The van der Waals surface area contributed by atoms with Gasteiger partial charge in [0.1, 0.15) is 33.3 Å². The lowest BCUT2D eigenvalue weighted by Gasteiger charge is -2.08. The van der Waals surface area contributed by atoms with Crippen LogP contribution in [0.3, 0.4) is 0 Å². The molecule has 0 aromatic heterocycles. The number of methoxy groups -OCH3 is 1. The van der Waals surface area contributed by atoms with Crippen LogP contribution in [0.4, 0.5) is 28.4 Å². The Bertz CT molecular complexity index is 1530. The third-order valence-electron chi connectivity index (χ3n) is 4.68. The zero-order chi connectivity index (χ0) is 26.6. The molecule has 0 saturated heterocycles. The summed E-state index contributed by atoms with van der Waals surface area (Å²) in [5.74, 6) is -1.57. The first-order valence-electron chi connectivity index (χ1n) is 9.75. The zero-order valence-electron chi connectivity index (χ0n) is 18.6. The molecule has 0 heterocycles. The van der Waals surface area contributed by atoms with Gasteiger partial charge in [0.05, 0.1) is 23.4 Å². The van der Waals surface area contributed by atoms with Crippen molar-refractivity contribution in [2.45, 2.75) is 11.8 Å². The molecule has 0 fully saturated rings. The van der Waals surface area contributed by atoms with E-state index in [1.54, 1.807) is 6.92 Å². The van der Waals surface area contributed by atoms with Crippen molar-refractivity contribution in [2.75, 3.05) is 7.11 Å². The molecule has 0 atom stereocenters. The molecule has 36 heavy (non-hydrogen) atoms. The number of nitro benzene ring substituents is 1. The fourth-order valence-corrected chi connectivity index (χ4v) is 3.54. The smallest absolute Gasteiger partial charge is 0.339 e. The van der Waals surface area contributed by atoms with Gasteiger partial charge in [0.2, 0.25) is 0 Å². The predicted octanol–water partition coefficient (Wildman–Crippen LogP) is 5.39. The first-order chi connectivity index (χ1) is 16.9. The third kappa shape index (κ3) is 5.83. The highest BCUT2D eigenvalue weighted by Gasteiger charge is 2.20. The van der Waals surface area contributed by atoms with Gasteiger partial charge in [-0.05, 0) is 42.8 Å². The van der Waals surface area contributed by atoms with Gasteiger partial charge in [-0.25, -0.2) is 4.79 Å². The normalized spacial score (nSPS) is 11.8. The number of hydrogen-bond acceptors (Lipinski definition) is 11. The largest absolute Gasteiger partial charge is 0.507 e. The molecule has 0 amide bonds. The van der Waals surface area contributed by atoms with Crippen molar-refractivity contribution in [3.63, 3.8) is 0 Å². The lowest BCUT2D eigenvalue weighted by Crippen LogP contribution is -2.00. The van der Waals surface area contributed by atoms with E-state index in [0.29, 0.717) is 11.6 Å². The molecule has 3 aromatic rings. The van der Waals surface area contributed by atoms with Crippen molar-refractivity contribution >= 4 is 44.5 Å². The molecular weight excluding hydrogens is 498 g/mol. The Labute approximate surface area is 203 Å². The standard InChI is InChI=1S/C21H17N5O9S/c1-11-7-17(25-22-12-3-6-18(27)14(8-12)21(28)29)19(35-2)10-16(11)24-23-15-5-4-13(26(30)31)9-20(15)36(32,33)34/h3-10,27H,1-2H3,(H,28,29)(H,32,33,34). The van der Waals surface area contributed by atoms with E-state index in [2.05, 4.69) is 20.5 Å². The molecule has 15 heteroatoms. The van der Waals surface area contributed by atoms with Gasteiger partial charge in [-0.3, -0.25) is 14.7 Å². The lowest BCUT2D eigenvalue weighted by atomic mass is 10.1. The van der Waals surface area contributed by atoms with Crippen LogP contribution in [0.15, 0.2) is 73.9 Å². The fourth-order valence-electron chi connectivity index (χ4n) is 2.89. The number of hydrogen-bond donors (Lipinski definition) is 3. The number of carbonyl (C=O) groups is 1. The number of azo groups is 2. The Morgan fingerprint density at radius 1 is 0.972 bits per heavy atom. The number of nitrogens with zero attached hydrogens (tertiary/aromatic N) is 5. The highest BCUT2D eigenvalue weighted by molar-refractivity contribution is 7.86. The van der Waals surface area contributed by atoms with Crippen LogP contribution in [0.2, 0.25) is 0 Å². The number of aryl methyl sites for hydroxylation is 1. The summed E-state index contributed by atoms with van der Waals surface area (Å²) in [6, 6.07) is 9.33. The number of non-ortho nitro benzene ring substituents is 1. The molecule has 0 saturated carbocycles. The van der Waals surface area contributed by atoms with E-state index in [1.165, 1.54) is 31.4 Å². The van der Waals surface area contributed by atoms with Crippen LogP contribution in [0.1, 0.15) is 15.9 Å². The molecule has 0 spiro atoms. The van der Waals surface area contributed by atoms with Gasteiger partial charge >= 0.3 is 5.97 Å². The van der Waals surface area contributed by atoms with Crippen molar-refractivity contribution in [3.05, 3.63) is 69.8 Å². The minimum Gasteiger partial charge on any atom is -0.507 e. The molecule has 0 unspecified atom stereocenters. The third-order valence-corrected chi connectivity index (χ3v) is 5.56. The topological polar surface area (TPSA) is 214 Å². The van der Waals surface area contributed by atoms with Crippen molar-refractivity contribution in [1.29, 1.82) is 0 Å². The summed E-state index contributed by atoms with van der Waals surface area (Å²) in [5.41, 5.74) is -0.104. The molecule has 0 aliphatic heterocycles. The quantitative estimate of drug-likeness (QED) is 0.151. The molecule has 3 rings (SSSR count). The maximum absolute atomic E-state index is 11.7.